The van der Waals surface area contributed by atoms with Crippen LogP contribution in [-0.2, 0) is 4.79 Å². The van der Waals surface area contributed by atoms with E-state index >= 15 is 0 Å². The smallest absolute Gasteiger partial charge is 0.162 e. The number of hydrogen-bond acceptors (Lipinski definition) is 4. The van der Waals surface area contributed by atoms with E-state index < -0.39 is 0 Å². The molecular formula is C31H30N4O. The van der Waals surface area contributed by atoms with Gasteiger partial charge in [0.25, 0.3) is 0 Å². The first-order valence-electron chi connectivity index (χ1n) is 12.5. The molecule has 2 heterocycles. The molecule has 1 N–H and O–H groups in total. The fourth-order valence-electron chi connectivity index (χ4n) is 5.67. The van der Waals surface area contributed by atoms with Gasteiger partial charge in [-0.2, -0.15) is 5.10 Å². The molecule has 0 saturated carbocycles. The lowest BCUT2D eigenvalue weighted by molar-refractivity contribution is -0.116. The summed E-state index contributed by atoms with van der Waals surface area (Å²) < 4.78 is 1.99. The van der Waals surface area contributed by atoms with Gasteiger partial charge in [-0.15, -0.1) is 0 Å². The summed E-state index contributed by atoms with van der Waals surface area (Å²) in [5, 5.41) is 8.69. The van der Waals surface area contributed by atoms with Crippen molar-refractivity contribution in [3.8, 4) is 5.69 Å². The second kappa shape index (κ2) is 8.83. The van der Waals surface area contributed by atoms with Crippen molar-refractivity contribution < 1.29 is 4.79 Å². The van der Waals surface area contributed by atoms with E-state index in [9.17, 15) is 4.79 Å². The maximum absolute atomic E-state index is 13.8. The highest BCUT2D eigenvalue weighted by molar-refractivity contribution is 6.09. The molecular weight excluding hydrogens is 444 g/mol. The highest BCUT2D eigenvalue weighted by Crippen LogP contribution is 2.50. The number of allylic oxidation sites excluding steroid dienone is 1. The lowest BCUT2D eigenvalue weighted by atomic mass is 9.73. The number of fused-ring (bicyclic) bond motifs is 2. The number of para-hydroxylation sites is 1. The number of carbonyl (C=O) groups is 1. The van der Waals surface area contributed by atoms with Crippen molar-refractivity contribution in [2.24, 2.45) is 0 Å². The van der Waals surface area contributed by atoms with Crippen molar-refractivity contribution >= 4 is 22.9 Å². The second-order valence-electron chi connectivity index (χ2n) is 9.95. The highest BCUT2D eigenvalue weighted by atomic mass is 16.1. The van der Waals surface area contributed by atoms with Crippen LogP contribution in [0.5, 0.6) is 0 Å². The number of nitrogens with one attached hydrogen (secondary N) is 1. The van der Waals surface area contributed by atoms with Crippen LogP contribution >= 0.6 is 0 Å². The molecule has 3 aromatic carbocycles. The number of carbonyl (C=O) groups excluding carboxylic acids is 1. The number of anilines is 2. The number of nitrogens with zero attached hydrogens (tertiary/aromatic N) is 3. The number of rotatable bonds is 4. The summed E-state index contributed by atoms with van der Waals surface area (Å²) in [5.74, 6) is 1.34. The number of Topliss-reactive ketones (excluding diaryl/α,β-unsaturated/α-hetero) is 1. The average molecular weight is 475 g/mol. The van der Waals surface area contributed by atoms with Gasteiger partial charge in [-0.05, 0) is 60.2 Å². The number of ketones is 1. The van der Waals surface area contributed by atoms with E-state index in [4.69, 9.17) is 5.10 Å². The van der Waals surface area contributed by atoms with Crippen LogP contribution in [0.1, 0.15) is 47.2 Å². The molecule has 1 aromatic heterocycles. The number of aromatic nitrogens is 2. The fraction of sp³-hybridized carbons (Fsp3) is 0.226. The first-order valence-corrected chi connectivity index (χ1v) is 12.5. The summed E-state index contributed by atoms with van der Waals surface area (Å²) in [4.78, 5) is 15.9. The summed E-state index contributed by atoms with van der Waals surface area (Å²) in [5.41, 5.74) is 8.48. The van der Waals surface area contributed by atoms with Gasteiger partial charge in [0.1, 0.15) is 5.82 Å². The fourth-order valence-corrected chi connectivity index (χ4v) is 5.67. The van der Waals surface area contributed by atoms with E-state index in [1.54, 1.807) is 0 Å². The Labute approximate surface area is 212 Å². The maximum atomic E-state index is 13.8. The topological polar surface area (TPSA) is 50.2 Å². The molecule has 5 nitrogen and oxygen atoms in total. The quantitative estimate of drug-likeness (QED) is 0.376. The van der Waals surface area contributed by atoms with Crippen molar-refractivity contribution in [1.82, 2.24) is 9.78 Å². The van der Waals surface area contributed by atoms with Crippen LogP contribution in [0.25, 0.3) is 11.3 Å². The standard InChI is InChI=1S/C31H30N4O/c1-20-28-26-18-23(21-10-6-4-7-11-21)19-27(36)29(26)30(22-14-16-24(17-15-22)34(2)3)32-31(28)35(33-20)25-12-8-5-9-13-25/h4-17,23,30,32H,18-19H2,1-3H3. The number of benzene rings is 3. The molecule has 2 atom stereocenters. The Morgan fingerprint density at radius 2 is 1.53 bits per heavy atom. The minimum absolute atomic E-state index is 0.166. The van der Waals surface area contributed by atoms with Gasteiger partial charge in [-0.3, -0.25) is 4.79 Å². The van der Waals surface area contributed by atoms with Crippen LogP contribution in [0, 0.1) is 6.92 Å². The zero-order valence-electron chi connectivity index (χ0n) is 20.9. The Hall–Kier alpha value is -4.12. The van der Waals surface area contributed by atoms with Crippen molar-refractivity contribution in [3.63, 3.8) is 0 Å². The normalized spacial score (nSPS) is 18.9. The van der Waals surface area contributed by atoms with Crippen LogP contribution in [0.4, 0.5) is 11.5 Å². The van der Waals surface area contributed by atoms with E-state index in [1.807, 2.05) is 50.0 Å². The molecule has 6 rings (SSSR count). The Kier molecular flexibility index (Phi) is 5.48. The molecule has 1 aliphatic carbocycles. The number of hydrogen-bond donors (Lipinski definition) is 1. The third-order valence-electron chi connectivity index (χ3n) is 7.45. The maximum Gasteiger partial charge on any atom is 0.162 e. The summed E-state index contributed by atoms with van der Waals surface area (Å²) >= 11 is 0. The van der Waals surface area contributed by atoms with Gasteiger partial charge in [0.15, 0.2) is 5.78 Å². The first-order chi connectivity index (χ1) is 17.5. The van der Waals surface area contributed by atoms with Gasteiger partial charge >= 0.3 is 0 Å². The molecule has 2 unspecified atom stereocenters. The van der Waals surface area contributed by atoms with Crippen LogP contribution in [0.3, 0.4) is 0 Å². The van der Waals surface area contributed by atoms with Gasteiger partial charge in [0.05, 0.1) is 17.4 Å². The van der Waals surface area contributed by atoms with E-state index in [0.29, 0.717) is 6.42 Å². The van der Waals surface area contributed by atoms with Crippen LogP contribution < -0.4 is 10.2 Å². The van der Waals surface area contributed by atoms with Crippen molar-refractivity contribution in [1.29, 1.82) is 0 Å². The van der Waals surface area contributed by atoms with Crippen molar-refractivity contribution in [3.05, 3.63) is 113 Å². The van der Waals surface area contributed by atoms with Crippen LogP contribution in [0.15, 0.2) is 90.5 Å². The van der Waals surface area contributed by atoms with E-state index in [0.717, 1.165) is 51.6 Å². The van der Waals surface area contributed by atoms with E-state index in [2.05, 4.69) is 70.9 Å². The van der Waals surface area contributed by atoms with E-state index in [-0.39, 0.29) is 17.7 Å². The predicted molar refractivity (Wildman–Crippen MR) is 146 cm³/mol. The van der Waals surface area contributed by atoms with Gasteiger partial charge < -0.3 is 10.2 Å². The summed E-state index contributed by atoms with van der Waals surface area (Å²) in [6, 6.07) is 28.9. The summed E-state index contributed by atoms with van der Waals surface area (Å²) in [6.07, 6.45) is 1.35. The van der Waals surface area contributed by atoms with Crippen molar-refractivity contribution in [2.45, 2.75) is 31.7 Å². The Morgan fingerprint density at radius 1 is 0.861 bits per heavy atom. The van der Waals surface area contributed by atoms with E-state index in [1.165, 1.54) is 5.56 Å². The SMILES string of the molecule is Cc1nn(-c2ccccc2)c2c1C1=C(C(=O)CC(c3ccccc3)C1)C(c1ccc(N(C)C)cc1)N2. The minimum atomic E-state index is -0.216. The molecule has 2 aliphatic rings. The summed E-state index contributed by atoms with van der Waals surface area (Å²) in [7, 11) is 4.08. The lowest BCUT2D eigenvalue weighted by Gasteiger charge is -2.36. The molecule has 0 fully saturated rings. The molecule has 0 bridgehead atoms. The van der Waals surface area contributed by atoms with Crippen LogP contribution in [0.2, 0.25) is 0 Å². The molecule has 180 valence electrons. The zero-order valence-corrected chi connectivity index (χ0v) is 20.9. The molecule has 0 amide bonds. The highest BCUT2D eigenvalue weighted by Gasteiger charge is 2.40. The van der Waals surface area contributed by atoms with Gasteiger partial charge in [-0.1, -0.05) is 60.7 Å². The molecule has 1 aliphatic heterocycles. The van der Waals surface area contributed by atoms with Gasteiger partial charge in [-0.25, -0.2) is 4.68 Å². The third kappa shape index (κ3) is 3.72. The second-order valence-corrected chi connectivity index (χ2v) is 9.95. The molecule has 36 heavy (non-hydrogen) atoms. The zero-order chi connectivity index (χ0) is 24.8. The third-order valence-corrected chi connectivity index (χ3v) is 7.45. The molecule has 5 heteroatoms. The largest absolute Gasteiger partial charge is 0.378 e. The van der Waals surface area contributed by atoms with Crippen LogP contribution in [-0.4, -0.2) is 29.7 Å². The van der Waals surface area contributed by atoms with Crippen molar-refractivity contribution in [2.75, 3.05) is 24.3 Å². The molecule has 4 aromatic rings. The monoisotopic (exact) mass is 474 g/mol. The summed E-state index contributed by atoms with van der Waals surface area (Å²) in [6.45, 7) is 2.05. The Balaban J connectivity index is 1.52. The van der Waals surface area contributed by atoms with Gasteiger partial charge in [0.2, 0.25) is 0 Å². The molecule has 0 radical (unpaired) electrons. The predicted octanol–water partition coefficient (Wildman–Crippen LogP) is 6.31. The lowest BCUT2D eigenvalue weighted by Crippen LogP contribution is -2.30. The molecule has 0 spiro atoms. The number of aryl methyl sites for hydroxylation is 1. The average Bonchev–Trinajstić information content (AvgIpc) is 3.25. The minimum Gasteiger partial charge on any atom is -0.378 e. The first kappa shape index (κ1) is 22.4. The Morgan fingerprint density at radius 3 is 2.19 bits per heavy atom. The van der Waals surface area contributed by atoms with Gasteiger partial charge in [0, 0.05) is 37.3 Å². The Bertz CT molecular complexity index is 1450. The molecule has 0 saturated heterocycles.